The number of carbonyl (C=O) groups excluding carboxylic acids is 1. The molecule has 0 unspecified atom stereocenters. The standard InChI is InChI=1S/C16H16N4O3S/c1-11-6-7-20-10-14(19-15(20)8-11)16(21)18-9-12-2-4-13(5-3-12)24(17,22)23/h2-8,10H,9H2,1H3,(H,18,21)(H2,17,22,23). The molecule has 3 rings (SSSR count). The average Bonchev–Trinajstić information content (AvgIpc) is 2.95. The molecule has 0 saturated heterocycles. The van der Waals surface area contributed by atoms with Crippen LogP contribution >= 0.6 is 0 Å². The van der Waals surface area contributed by atoms with Gasteiger partial charge in [0.05, 0.1) is 4.90 Å². The molecule has 8 heteroatoms. The molecule has 2 aromatic heterocycles. The highest BCUT2D eigenvalue weighted by Crippen LogP contribution is 2.10. The number of hydrogen-bond donors (Lipinski definition) is 2. The zero-order valence-corrected chi connectivity index (χ0v) is 13.7. The van der Waals surface area contributed by atoms with Gasteiger partial charge in [0.15, 0.2) is 0 Å². The van der Waals surface area contributed by atoms with Gasteiger partial charge >= 0.3 is 0 Å². The third-order valence-corrected chi connectivity index (χ3v) is 4.48. The number of benzene rings is 1. The van der Waals surface area contributed by atoms with Gasteiger partial charge in [-0.2, -0.15) is 0 Å². The van der Waals surface area contributed by atoms with Gasteiger partial charge in [-0.15, -0.1) is 0 Å². The minimum Gasteiger partial charge on any atom is -0.347 e. The molecule has 0 atom stereocenters. The molecule has 0 aliphatic heterocycles. The van der Waals surface area contributed by atoms with E-state index in [1.807, 2.05) is 25.3 Å². The van der Waals surface area contributed by atoms with Crippen LogP contribution in [-0.4, -0.2) is 23.7 Å². The molecule has 0 aliphatic carbocycles. The molecule has 0 bridgehead atoms. The van der Waals surface area contributed by atoms with Crippen LogP contribution in [0.15, 0.2) is 53.7 Å². The first-order valence-electron chi connectivity index (χ1n) is 7.18. The summed E-state index contributed by atoms with van der Waals surface area (Å²) in [5, 5.41) is 7.80. The maximum Gasteiger partial charge on any atom is 0.271 e. The van der Waals surface area contributed by atoms with Crippen LogP contribution < -0.4 is 10.5 Å². The summed E-state index contributed by atoms with van der Waals surface area (Å²) >= 11 is 0. The van der Waals surface area contributed by atoms with Crippen LogP contribution in [0.1, 0.15) is 21.6 Å². The lowest BCUT2D eigenvalue weighted by atomic mass is 10.2. The third-order valence-electron chi connectivity index (χ3n) is 3.55. The van der Waals surface area contributed by atoms with Crippen LogP contribution in [0.5, 0.6) is 0 Å². The molecule has 124 valence electrons. The van der Waals surface area contributed by atoms with Crippen LogP contribution in [0.4, 0.5) is 0 Å². The minimum atomic E-state index is -3.71. The number of sulfonamides is 1. The predicted molar refractivity (Wildman–Crippen MR) is 88.9 cm³/mol. The Kier molecular flexibility index (Phi) is 4.08. The van der Waals surface area contributed by atoms with E-state index >= 15 is 0 Å². The summed E-state index contributed by atoms with van der Waals surface area (Å²) in [6.45, 7) is 2.22. The number of aromatic nitrogens is 2. The fourth-order valence-corrected chi connectivity index (χ4v) is 2.78. The normalized spacial score (nSPS) is 11.6. The number of fused-ring (bicyclic) bond motifs is 1. The van der Waals surface area contributed by atoms with E-state index in [4.69, 9.17) is 5.14 Å². The molecule has 0 saturated carbocycles. The highest BCUT2D eigenvalue weighted by molar-refractivity contribution is 7.89. The smallest absolute Gasteiger partial charge is 0.271 e. The summed E-state index contributed by atoms with van der Waals surface area (Å²) in [4.78, 5) is 16.5. The van der Waals surface area contributed by atoms with Gasteiger partial charge in [-0.25, -0.2) is 18.5 Å². The van der Waals surface area contributed by atoms with E-state index in [0.29, 0.717) is 11.3 Å². The van der Waals surface area contributed by atoms with Crippen molar-refractivity contribution in [3.63, 3.8) is 0 Å². The van der Waals surface area contributed by atoms with Crippen molar-refractivity contribution in [1.82, 2.24) is 14.7 Å². The number of nitrogens with two attached hydrogens (primary N) is 1. The fourth-order valence-electron chi connectivity index (χ4n) is 2.26. The fraction of sp³-hybridized carbons (Fsp3) is 0.125. The topological polar surface area (TPSA) is 107 Å². The van der Waals surface area contributed by atoms with E-state index < -0.39 is 10.0 Å². The summed E-state index contributed by atoms with van der Waals surface area (Å²) < 4.78 is 24.2. The number of nitrogens with one attached hydrogen (secondary N) is 1. The molecule has 3 N–H and O–H groups in total. The maximum atomic E-state index is 12.2. The summed E-state index contributed by atoms with van der Waals surface area (Å²) in [5.74, 6) is -0.299. The van der Waals surface area contributed by atoms with Crippen LogP contribution in [0.25, 0.3) is 5.65 Å². The number of carbonyl (C=O) groups is 1. The Labute approximate surface area is 139 Å². The molecule has 3 aromatic rings. The molecule has 0 radical (unpaired) electrons. The summed E-state index contributed by atoms with van der Waals surface area (Å²) in [7, 11) is -3.71. The van der Waals surface area contributed by atoms with E-state index in [1.165, 1.54) is 12.1 Å². The van der Waals surface area contributed by atoms with Gasteiger partial charge in [0, 0.05) is 18.9 Å². The van der Waals surface area contributed by atoms with Crippen LogP contribution in [0, 0.1) is 6.92 Å². The molecule has 24 heavy (non-hydrogen) atoms. The van der Waals surface area contributed by atoms with Crippen molar-refractivity contribution in [3.8, 4) is 0 Å². The van der Waals surface area contributed by atoms with Gasteiger partial charge in [0.25, 0.3) is 5.91 Å². The second-order valence-electron chi connectivity index (χ2n) is 5.47. The number of rotatable bonds is 4. The van der Waals surface area contributed by atoms with Crippen molar-refractivity contribution >= 4 is 21.6 Å². The lowest BCUT2D eigenvalue weighted by Gasteiger charge is -2.04. The number of nitrogens with zero attached hydrogens (tertiary/aromatic N) is 2. The van der Waals surface area contributed by atoms with Gasteiger partial charge in [-0.1, -0.05) is 12.1 Å². The molecule has 0 spiro atoms. The minimum absolute atomic E-state index is 0.0355. The zero-order chi connectivity index (χ0) is 17.3. The van der Waals surface area contributed by atoms with E-state index in [2.05, 4.69) is 10.3 Å². The SMILES string of the molecule is Cc1ccn2cc(C(=O)NCc3ccc(S(N)(=O)=O)cc3)nc2c1. The van der Waals surface area contributed by atoms with E-state index in [9.17, 15) is 13.2 Å². The molecule has 7 nitrogen and oxygen atoms in total. The van der Waals surface area contributed by atoms with Crippen molar-refractivity contribution < 1.29 is 13.2 Å². The van der Waals surface area contributed by atoms with Crippen LogP contribution in [0.3, 0.4) is 0 Å². The second kappa shape index (κ2) is 6.06. The Morgan fingerprint density at radius 1 is 1.25 bits per heavy atom. The molecule has 1 aromatic carbocycles. The van der Waals surface area contributed by atoms with E-state index in [1.54, 1.807) is 22.7 Å². The van der Waals surface area contributed by atoms with Crippen molar-refractivity contribution in [2.45, 2.75) is 18.4 Å². The first-order chi connectivity index (χ1) is 11.3. The summed E-state index contributed by atoms with van der Waals surface area (Å²) in [6, 6.07) is 9.85. The molecule has 1 amide bonds. The van der Waals surface area contributed by atoms with Crippen molar-refractivity contribution in [1.29, 1.82) is 0 Å². The van der Waals surface area contributed by atoms with Crippen LogP contribution in [-0.2, 0) is 16.6 Å². The maximum absolute atomic E-state index is 12.2. The lowest BCUT2D eigenvalue weighted by molar-refractivity contribution is 0.0946. The third kappa shape index (κ3) is 3.44. The number of imidazole rings is 1. The largest absolute Gasteiger partial charge is 0.347 e. The van der Waals surface area contributed by atoms with Gasteiger partial charge in [-0.3, -0.25) is 4.79 Å². The monoisotopic (exact) mass is 344 g/mol. The van der Waals surface area contributed by atoms with Crippen molar-refractivity contribution in [2.75, 3.05) is 0 Å². The Hall–Kier alpha value is -2.71. The Bertz CT molecular complexity index is 1010. The van der Waals surface area contributed by atoms with Crippen molar-refractivity contribution in [2.24, 2.45) is 5.14 Å². The highest BCUT2D eigenvalue weighted by Gasteiger charge is 2.11. The zero-order valence-electron chi connectivity index (χ0n) is 12.9. The average molecular weight is 344 g/mol. The molecule has 0 fully saturated rings. The first-order valence-corrected chi connectivity index (χ1v) is 8.73. The molecule has 0 aliphatic rings. The Balaban J connectivity index is 1.70. The number of aryl methyl sites for hydroxylation is 1. The van der Waals surface area contributed by atoms with Crippen LogP contribution in [0.2, 0.25) is 0 Å². The summed E-state index contributed by atoms with van der Waals surface area (Å²) in [5.41, 5.74) is 2.85. The molecular formula is C16H16N4O3S. The van der Waals surface area contributed by atoms with Gasteiger partial charge in [-0.05, 0) is 42.3 Å². The number of hydrogen-bond acceptors (Lipinski definition) is 4. The van der Waals surface area contributed by atoms with Gasteiger partial charge in [0.2, 0.25) is 10.0 Å². The summed E-state index contributed by atoms with van der Waals surface area (Å²) in [6.07, 6.45) is 3.51. The predicted octanol–water partition coefficient (Wildman–Crippen LogP) is 1.22. The highest BCUT2D eigenvalue weighted by atomic mass is 32.2. The van der Waals surface area contributed by atoms with Gasteiger partial charge in [0.1, 0.15) is 11.3 Å². The lowest BCUT2D eigenvalue weighted by Crippen LogP contribution is -2.23. The number of amides is 1. The first kappa shape index (κ1) is 16.2. The van der Waals surface area contributed by atoms with Crippen molar-refractivity contribution in [3.05, 3.63) is 65.6 Å². The number of primary sulfonamides is 1. The van der Waals surface area contributed by atoms with Gasteiger partial charge < -0.3 is 9.72 Å². The van der Waals surface area contributed by atoms with E-state index in [0.717, 1.165) is 11.1 Å². The quantitative estimate of drug-likeness (QED) is 0.742. The molecular weight excluding hydrogens is 328 g/mol. The number of pyridine rings is 1. The Morgan fingerprint density at radius 3 is 2.62 bits per heavy atom. The molecule has 2 heterocycles. The Morgan fingerprint density at radius 2 is 1.96 bits per heavy atom. The van der Waals surface area contributed by atoms with E-state index in [-0.39, 0.29) is 17.3 Å². The second-order valence-corrected chi connectivity index (χ2v) is 7.03.